The monoisotopic (exact) mass is 396 g/mol. The Kier molecular flexibility index (Phi) is 7.00. The number of anilines is 1. The Hall–Kier alpha value is -3.15. The number of hydrogen-bond acceptors (Lipinski definition) is 5. The van der Waals surface area contributed by atoms with Crippen LogP contribution in [0.15, 0.2) is 48.5 Å². The second-order valence-corrected chi connectivity index (χ2v) is 6.86. The summed E-state index contributed by atoms with van der Waals surface area (Å²) in [5, 5.41) is 3.02. The number of nitrogens with one attached hydrogen (secondary N) is 1. The van der Waals surface area contributed by atoms with Gasteiger partial charge in [0.15, 0.2) is 11.5 Å². The van der Waals surface area contributed by atoms with Gasteiger partial charge < -0.3 is 24.4 Å². The zero-order valence-electron chi connectivity index (χ0n) is 17.2. The van der Waals surface area contributed by atoms with Crippen LogP contribution in [0.25, 0.3) is 6.08 Å². The van der Waals surface area contributed by atoms with Crippen LogP contribution in [0.4, 0.5) is 5.69 Å². The topological polar surface area (TPSA) is 60.0 Å². The van der Waals surface area contributed by atoms with E-state index >= 15 is 0 Å². The van der Waals surface area contributed by atoms with Gasteiger partial charge in [-0.3, -0.25) is 4.79 Å². The molecule has 0 unspecified atom stereocenters. The van der Waals surface area contributed by atoms with Gasteiger partial charge in [0.05, 0.1) is 21.3 Å². The van der Waals surface area contributed by atoms with Crippen molar-refractivity contribution in [1.29, 1.82) is 0 Å². The molecule has 1 saturated heterocycles. The molecule has 1 atom stereocenters. The molecule has 154 valence electrons. The van der Waals surface area contributed by atoms with Crippen molar-refractivity contribution in [2.45, 2.75) is 18.9 Å². The van der Waals surface area contributed by atoms with Gasteiger partial charge in [-0.1, -0.05) is 18.2 Å². The van der Waals surface area contributed by atoms with Crippen molar-refractivity contribution in [3.8, 4) is 17.2 Å². The molecule has 0 saturated carbocycles. The van der Waals surface area contributed by atoms with Crippen molar-refractivity contribution in [1.82, 2.24) is 5.32 Å². The van der Waals surface area contributed by atoms with E-state index in [-0.39, 0.29) is 5.91 Å². The first kappa shape index (κ1) is 20.6. The molecule has 1 aliphatic heterocycles. The van der Waals surface area contributed by atoms with Gasteiger partial charge in [0.1, 0.15) is 0 Å². The second-order valence-electron chi connectivity index (χ2n) is 6.86. The number of nitrogens with zero attached hydrogens (tertiary/aromatic N) is 1. The number of carbonyl (C=O) groups excluding carboxylic acids is 1. The van der Waals surface area contributed by atoms with Crippen LogP contribution < -0.4 is 24.4 Å². The molecule has 1 heterocycles. The summed E-state index contributed by atoms with van der Waals surface area (Å²) in [6.45, 7) is 1.64. The third-order valence-corrected chi connectivity index (χ3v) is 5.09. The summed E-state index contributed by atoms with van der Waals surface area (Å²) in [7, 11) is 4.69. The van der Waals surface area contributed by atoms with Crippen molar-refractivity contribution >= 4 is 17.7 Å². The van der Waals surface area contributed by atoms with E-state index in [0.29, 0.717) is 29.8 Å². The SMILES string of the molecule is COc1cc(/C=C/C(=O)NC[C@H]2CCCN2c2ccccc2)cc(OC)c1OC. The van der Waals surface area contributed by atoms with E-state index in [1.54, 1.807) is 39.5 Å². The molecule has 6 nitrogen and oxygen atoms in total. The van der Waals surface area contributed by atoms with Gasteiger partial charge in [0.25, 0.3) is 0 Å². The summed E-state index contributed by atoms with van der Waals surface area (Å²) >= 11 is 0. The van der Waals surface area contributed by atoms with E-state index in [9.17, 15) is 4.79 Å². The number of rotatable bonds is 8. The lowest BCUT2D eigenvalue weighted by Gasteiger charge is -2.26. The van der Waals surface area contributed by atoms with Gasteiger partial charge in [-0.25, -0.2) is 0 Å². The van der Waals surface area contributed by atoms with Crippen LogP contribution in [0, 0.1) is 0 Å². The average Bonchev–Trinajstić information content (AvgIpc) is 3.24. The lowest BCUT2D eigenvalue weighted by Crippen LogP contribution is -2.39. The lowest BCUT2D eigenvalue weighted by molar-refractivity contribution is -0.116. The Morgan fingerprint density at radius 1 is 1.10 bits per heavy atom. The number of benzene rings is 2. The van der Waals surface area contributed by atoms with Crippen LogP contribution >= 0.6 is 0 Å². The molecule has 0 bridgehead atoms. The molecule has 3 rings (SSSR count). The number of amides is 1. The Balaban J connectivity index is 1.61. The molecule has 0 aliphatic carbocycles. The molecule has 0 spiro atoms. The predicted molar refractivity (Wildman–Crippen MR) is 115 cm³/mol. The van der Waals surface area contributed by atoms with E-state index in [2.05, 4.69) is 22.3 Å². The Labute approximate surface area is 172 Å². The molecule has 2 aromatic carbocycles. The highest BCUT2D eigenvalue weighted by atomic mass is 16.5. The zero-order valence-corrected chi connectivity index (χ0v) is 17.2. The van der Waals surface area contributed by atoms with Crippen LogP contribution in [-0.2, 0) is 4.79 Å². The van der Waals surface area contributed by atoms with Gasteiger partial charge in [-0.15, -0.1) is 0 Å². The normalized spacial score (nSPS) is 16.1. The highest BCUT2D eigenvalue weighted by Gasteiger charge is 2.24. The third-order valence-electron chi connectivity index (χ3n) is 5.09. The molecule has 1 aliphatic rings. The minimum atomic E-state index is -0.126. The number of carbonyl (C=O) groups is 1. The highest BCUT2D eigenvalue weighted by Crippen LogP contribution is 2.38. The molecule has 1 fully saturated rings. The first-order valence-corrected chi connectivity index (χ1v) is 9.74. The predicted octanol–water partition coefficient (Wildman–Crippen LogP) is 3.51. The minimum absolute atomic E-state index is 0.126. The zero-order chi connectivity index (χ0) is 20.6. The average molecular weight is 396 g/mol. The summed E-state index contributed by atoms with van der Waals surface area (Å²) in [6, 6.07) is 14.3. The van der Waals surface area contributed by atoms with Crippen molar-refractivity contribution in [2.24, 2.45) is 0 Å². The van der Waals surface area contributed by atoms with Crippen LogP contribution in [0.2, 0.25) is 0 Å². The summed E-state index contributed by atoms with van der Waals surface area (Å²) in [6.07, 6.45) is 5.48. The van der Waals surface area contributed by atoms with Crippen LogP contribution in [-0.4, -0.2) is 46.4 Å². The first-order valence-electron chi connectivity index (χ1n) is 9.74. The maximum atomic E-state index is 12.3. The van der Waals surface area contributed by atoms with Crippen LogP contribution in [0.1, 0.15) is 18.4 Å². The molecular weight excluding hydrogens is 368 g/mol. The summed E-state index contributed by atoms with van der Waals surface area (Å²) in [5.74, 6) is 1.50. The van der Waals surface area contributed by atoms with E-state index in [1.807, 2.05) is 18.2 Å². The van der Waals surface area contributed by atoms with Crippen molar-refractivity contribution in [3.63, 3.8) is 0 Å². The number of ether oxygens (including phenoxy) is 3. The van der Waals surface area contributed by atoms with Gasteiger partial charge in [-0.2, -0.15) is 0 Å². The Bertz CT molecular complexity index is 826. The molecule has 0 aromatic heterocycles. The number of hydrogen-bond donors (Lipinski definition) is 1. The van der Waals surface area contributed by atoms with E-state index in [4.69, 9.17) is 14.2 Å². The Morgan fingerprint density at radius 2 is 1.79 bits per heavy atom. The summed E-state index contributed by atoms with van der Waals surface area (Å²) < 4.78 is 16.0. The standard InChI is InChI=1S/C23H28N2O4/c1-27-20-14-17(15-21(28-2)23(20)29-3)11-12-22(26)24-16-19-10-7-13-25(19)18-8-5-4-6-9-18/h4-6,8-9,11-12,14-15,19H,7,10,13,16H2,1-3H3,(H,24,26)/b12-11+/t19-/m1/s1. The minimum Gasteiger partial charge on any atom is -0.493 e. The van der Waals surface area contributed by atoms with Gasteiger partial charge >= 0.3 is 0 Å². The molecule has 0 radical (unpaired) electrons. The Morgan fingerprint density at radius 3 is 2.41 bits per heavy atom. The van der Waals surface area contributed by atoms with Gasteiger partial charge in [0.2, 0.25) is 11.7 Å². The van der Waals surface area contributed by atoms with E-state index in [1.165, 1.54) is 11.8 Å². The summed E-state index contributed by atoms with van der Waals surface area (Å²) in [4.78, 5) is 14.7. The maximum absolute atomic E-state index is 12.3. The first-order chi connectivity index (χ1) is 14.2. The molecule has 29 heavy (non-hydrogen) atoms. The summed E-state index contributed by atoms with van der Waals surface area (Å²) in [5.41, 5.74) is 2.00. The largest absolute Gasteiger partial charge is 0.493 e. The molecule has 6 heteroatoms. The maximum Gasteiger partial charge on any atom is 0.244 e. The molecule has 1 N–H and O–H groups in total. The highest BCUT2D eigenvalue weighted by molar-refractivity contribution is 5.92. The second kappa shape index (κ2) is 9.87. The fraction of sp³-hybridized carbons (Fsp3) is 0.348. The molecule has 1 amide bonds. The lowest BCUT2D eigenvalue weighted by atomic mass is 10.1. The number of methoxy groups -OCH3 is 3. The van der Waals surface area contributed by atoms with E-state index in [0.717, 1.165) is 24.9 Å². The van der Waals surface area contributed by atoms with Crippen molar-refractivity contribution in [2.75, 3.05) is 39.3 Å². The van der Waals surface area contributed by atoms with Crippen molar-refractivity contribution < 1.29 is 19.0 Å². The van der Waals surface area contributed by atoms with Gasteiger partial charge in [0, 0.05) is 30.9 Å². The van der Waals surface area contributed by atoms with Gasteiger partial charge in [-0.05, 0) is 48.7 Å². The number of para-hydroxylation sites is 1. The van der Waals surface area contributed by atoms with Crippen molar-refractivity contribution in [3.05, 3.63) is 54.1 Å². The van der Waals surface area contributed by atoms with Crippen LogP contribution in [0.5, 0.6) is 17.2 Å². The third kappa shape index (κ3) is 5.02. The smallest absolute Gasteiger partial charge is 0.244 e. The molecule has 2 aromatic rings. The van der Waals surface area contributed by atoms with E-state index < -0.39 is 0 Å². The fourth-order valence-corrected chi connectivity index (χ4v) is 3.65. The van der Waals surface area contributed by atoms with Crippen LogP contribution in [0.3, 0.4) is 0 Å². The quantitative estimate of drug-likeness (QED) is 0.692. The molecular formula is C23H28N2O4. The fourth-order valence-electron chi connectivity index (χ4n) is 3.65.